The first kappa shape index (κ1) is 28.2. The number of fused-ring (bicyclic) bond motifs is 1. The predicted octanol–water partition coefficient (Wildman–Crippen LogP) is 2.02. The van der Waals surface area contributed by atoms with E-state index in [-0.39, 0.29) is 52.1 Å². The summed E-state index contributed by atoms with van der Waals surface area (Å²) in [6.45, 7) is 0.0908. The molecular weight excluding hydrogens is 589 g/mol. The fourth-order valence-electron chi connectivity index (χ4n) is 4.63. The van der Waals surface area contributed by atoms with Gasteiger partial charge in [0.15, 0.2) is 10.8 Å². The van der Waals surface area contributed by atoms with Crippen LogP contribution >= 0.6 is 23.1 Å². The highest BCUT2D eigenvalue weighted by molar-refractivity contribution is 8.00. The first-order valence-corrected chi connectivity index (χ1v) is 13.7. The Hall–Kier alpha value is -4.38. The van der Waals surface area contributed by atoms with Gasteiger partial charge in [-0.05, 0) is 36.3 Å². The van der Waals surface area contributed by atoms with Gasteiger partial charge < -0.3 is 26.3 Å². The number of hydrogen-bond acceptors (Lipinski definition) is 10. The molecule has 4 heterocycles. The van der Waals surface area contributed by atoms with Gasteiger partial charge in [0, 0.05) is 28.9 Å². The summed E-state index contributed by atoms with van der Waals surface area (Å²) in [6.07, 6.45) is -3.08. The molecule has 0 unspecified atom stereocenters. The minimum atomic E-state index is -4.59. The summed E-state index contributed by atoms with van der Waals surface area (Å²) >= 11 is 2.15. The first-order chi connectivity index (χ1) is 19.4. The lowest BCUT2D eigenvalue weighted by Gasteiger charge is -2.49. The van der Waals surface area contributed by atoms with Crippen LogP contribution in [0.2, 0.25) is 0 Å². The van der Waals surface area contributed by atoms with Gasteiger partial charge in [0.2, 0.25) is 0 Å². The predicted molar refractivity (Wildman–Crippen MR) is 141 cm³/mol. The number of amides is 3. The minimum Gasteiger partial charge on any atom is -0.477 e. The zero-order valence-corrected chi connectivity index (χ0v) is 22.2. The van der Waals surface area contributed by atoms with Gasteiger partial charge in [-0.2, -0.15) is 13.2 Å². The number of rotatable bonds is 6. The molecule has 2 fully saturated rings. The van der Waals surface area contributed by atoms with Crippen molar-refractivity contribution in [2.24, 2.45) is 5.16 Å². The van der Waals surface area contributed by atoms with Crippen LogP contribution in [-0.2, 0) is 25.4 Å². The highest BCUT2D eigenvalue weighted by atomic mass is 32.2. The molecule has 2 atom stereocenters. The van der Waals surface area contributed by atoms with Crippen LogP contribution in [-0.4, -0.2) is 73.3 Å². The number of nitrogens with one attached hydrogen (secondary N) is 1. The maximum Gasteiger partial charge on any atom is 0.416 e. The van der Waals surface area contributed by atoms with Crippen molar-refractivity contribution < 1.29 is 42.7 Å². The van der Waals surface area contributed by atoms with Crippen LogP contribution in [0.4, 0.5) is 24.0 Å². The Kier molecular flexibility index (Phi) is 7.24. The van der Waals surface area contributed by atoms with Crippen LogP contribution < -0.4 is 16.0 Å². The van der Waals surface area contributed by atoms with Crippen LogP contribution in [0, 0.1) is 0 Å². The number of aliphatic carboxylic acids is 1. The molecule has 17 heteroatoms. The molecule has 0 aliphatic carbocycles. The molecule has 3 aliphatic heterocycles. The molecule has 0 radical (unpaired) electrons. The van der Waals surface area contributed by atoms with Crippen molar-refractivity contribution in [1.29, 1.82) is 0 Å². The molecule has 3 aliphatic rings. The maximum atomic E-state index is 13.1. The number of allylic oxidation sites excluding steroid dienone is 1. The largest absolute Gasteiger partial charge is 0.477 e. The maximum absolute atomic E-state index is 13.1. The van der Waals surface area contributed by atoms with Crippen molar-refractivity contribution in [2.75, 3.05) is 22.9 Å². The van der Waals surface area contributed by atoms with Crippen molar-refractivity contribution in [1.82, 2.24) is 15.2 Å². The highest BCUT2D eigenvalue weighted by Crippen LogP contribution is 2.41. The number of thioether (sulfide) groups is 1. The fraction of sp³-hybridized carbons (Fsp3) is 0.250. The Morgan fingerprint density at radius 1 is 1.27 bits per heavy atom. The lowest BCUT2D eigenvalue weighted by Crippen LogP contribution is -2.71. The molecule has 0 bridgehead atoms. The van der Waals surface area contributed by atoms with Crippen molar-refractivity contribution in [3.63, 3.8) is 0 Å². The van der Waals surface area contributed by atoms with Gasteiger partial charge in [0.05, 0.1) is 5.56 Å². The number of aromatic nitrogens is 1. The number of carboxylic acids is 1. The Labute approximate surface area is 237 Å². The number of β-lactam (4-membered cyclic amide) rings is 1. The number of nitrogen functional groups attached to an aromatic ring is 1. The number of alkyl halides is 3. The van der Waals surface area contributed by atoms with E-state index in [1.165, 1.54) is 28.5 Å². The Balaban J connectivity index is 1.35. The van der Waals surface area contributed by atoms with Gasteiger partial charge in [-0.1, -0.05) is 11.2 Å². The van der Waals surface area contributed by atoms with E-state index in [1.807, 2.05) is 0 Å². The quantitative estimate of drug-likeness (QED) is 0.126. The summed E-state index contributed by atoms with van der Waals surface area (Å²) in [5.41, 5.74) is 4.19. The van der Waals surface area contributed by atoms with E-state index in [4.69, 9.17) is 5.73 Å². The number of halogens is 3. The molecule has 12 nitrogen and oxygen atoms in total. The molecule has 3 amide bonds. The summed E-state index contributed by atoms with van der Waals surface area (Å²) in [5.74, 6) is -3.60. The number of nitrogens with two attached hydrogens (primary N) is 1. The first-order valence-electron chi connectivity index (χ1n) is 11.8. The summed E-state index contributed by atoms with van der Waals surface area (Å²) in [5, 5.41) is 25.3. The average molecular weight is 609 g/mol. The summed E-state index contributed by atoms with van der Waals surface area (Å²) in [6, 6.07) is 3.21. The van der Waals surface area contributed by atoms with E-state index in [9.17, 15) is 42.7 Å². The number of benzene rings is 1. The highest BCUT2D eigenvalue weighted by Gasteiger charge is 2.54. The molecule has 41 heavy (non-hydrogen) atoms. The van der Waals surface area contributed by atoms with Gasteiger partial charge in [0.1, 0.15) is 22.8 Å². The molecule has 5 N–H and O–H groups in total. The van der Waals surface area contributed by atoms with E-state index in [0.717, 1.165) is 40.1 Å². The summed E-state index contributed by atoms with van der Waals surface area (Å²) < 4.78 is 39.4. The third-order valence-electron chi connectivity index (χ3n) is 6.52. The zero-order valence-electron chi connectivity index (χ0n) is 20.6. The molecular formula is C24H19F3N6O6S2. The molecule has 214 valence electrons. The van der Waals surface area contributed by atoms with Crippen molar-refractivity contribution in [3.05, 3.63) is 63.8 Å². The lowest BCUT2D eigenvalue weighted by molar-refractivity contribution is -0.150. The number of carbonyl (C=O) groups excluding carboxylic acids is 3. The monoisotopic (exact) mass is 608 g/mol. The van der Waals surface area contributed by atoms with E-state index >= 15 is 0 Å². The standard InChI is InChI=1S/C24H19F3N6O6S2/c25-24(26,27)12-2-1-3-13(7-12)32-5-4-10(19(32)35)6-11-8-40-21-16(20(36)33(21)17(11)22(37)38)30-18(34)15(31-39)14-9-41-23(28)29-14/h1-3,6-7,9,16,21,39H,4-5,8H2,(H2,28,29)(H,30,34)(H,37,38)/b10-6+,31-15-/t16-,21-/m1/s1. The third kappa shape index (κ3) is 5.13. The van der Waals surface area contributed by atoms with E-state index in [0.29, 0.717) is 0 Å². The van der Waals surface area contributed by atoms with Crippen LogP contribution in [0.15, 0.2) is 57.7 Å². The third-order valence-corrected chi connectivity index (χ3v) is 8.50. The second-order valence-corrected chi connectivity index (χ2v) is 11.0. The normalized spacial score (nSPS) is 22.2. The summed E-state index contributed by atoms with van der Waals surface area (Å²) in [7, 11) is 0. The average Bonchev–Trinajstić information content (AvgIpc) is 3.51. The van der Waals surface area contributed by atoms with Crippen LogP contribution in [0.1, 0.15) is 17.7 Å². The van der Waals surface area contributed by atoms with Crippen molar-refractivity contribution in [2.45, 2.75) is 24.0 Å². The molecule has 5 rings (SSSR count). The van der Waals surface area contributed by atoms with Gasteiger partial charge in [-0.15, -0.1) is 23.1 Å². The topological polar surface area (TPSA) is 179 Å². The number of carbonyl (C=O) groups is 4. The lowest BCUT2D eigenvalue weighted by atomic mass is 10.0. The van der Waals surface area contributed by atoms with Crippen LogP contribution in [0.25, 0.3) is 0 Å². The number of hydrogen-bond donors (Lipinski definition) is 4. The van der Waals surface area contributed by atoms with E-state index in [1.54, 1.807) is 0 Å². The van der Waals surface area contributed by atoms with Crippen molar-refractivity contribution >= 4 is 63.3 Å². The molecule has 2 aromatic rings. The van der Waals surface area contributed by atoms with Gasteiger partial charge >= 0.3 is 12.1 Å². The Morgan fingerprint density at radius 3 is 2.66 bits per heavy atom. The second kappa shape index (κ2) is 10.5. The van der Waals surface area contributed by atoms with Crippen LogP contribution in [0.5, 0.6) is 0 Å². The zero-order chi connectivity index (χ0) is 29.6. The Bertz CT molecular complexity index is 1570. The smallest absolute Gasteiger partial charge is 0.416 e. The van der Waals surface area contributed by atoms with Gasteiger partial charge in [-0.25, -0.2) is 9.78 Å². The molecule has 0 saturated carbocycles. The molecule has 1 aromatic carbocycles. The van der Waals surface area contributed by atoms with Gasteiger partial charge in [0.25, 0.3) is 17.7 Å². The number of nitrogens with zero attached hydrogens (tertiary/aromatic N) is 4. The second-order valence-electron chi connectivity index (χ2n) is 8.98. The molecule has 0 spiro atoms. The number of carboxylic acid groups (broad SMARTS) is 1. The van der Waals surface area contributed by atoms with Crippen molar-refractivity contribution in [3.8, 4) is 0 Å². The Morgan fingerprint density at radius 2 is 2.02 bits per heavy atom. The number of thiazole rings is 1. The van der Waals surface area contributed by atoms with Crippen LogP contribution in [0.3, 0.4) is 0 Å². The summed E-state index contributed by atoms with van der Waals surface area (Å²) in [4.78, 5) is 56.9. The molecule has 1 aromatic heterocycles. The molecule has 2 saturated heterocycles. The fourth-order valence-corrected chi connectivity index (χ4v) is 6.48. The number of anilines is 2. The SMILES string of the molecule is Nc1nc(/C(=N/O)C(=O)N[C@@H]2C(=O)N3C(C(=O)O)=C(/C=C4\CCN(c5cccc(C(F)(F)F)c5)C4=O)CS[C@H]23)cs1. The number of oxime groups is 1. The van der Waals surface area contributed by atoms with E-state index < -0.39 is 52.6 Å². The van der Waals surface area contributed by atoms with E-state index in [2.05, 4.69) is 15.5 Å². The van der Waals surface area contributed by atoms with Gasteiger partial charge in [-0.3, -0.25) is 19.3 Å². The minimum absolute atomic E-state index is 0.00661.